The van der Waals surface area contributed by atoms with Gasteiger partial charge in [0.15, 0.2) is 0 Å². The zero-order chi connectivity index (χ0) is 16.0. The van der Waals surface area contributed by atoms with Crippen LogP contribution in [0.4, 0.5) is 0 Å². The van der Waals surface area contributed by atoms with Crippen molar-refractivity contribution >= 4 is 15.9 Å². The molecule has 1 amide bonds. The first-order valence-electron chi connectivity index (χ1n) is 7.86. The van der Waals surface area contributed by atoms with E-state index in [-0.39, 0.29) is 29.0 Å². The van der Waals surface area contributed by atoms with Crippen molar-refractivity contribution in [2.24, 2.45) is 11.3 Å². The quantitative estimate of drug-likeness (QED) is 0.775. The molecule has 0 unspecified atom stereocenters. The normalized spacial score (nSPS) is 26.6. The molecule has 0 aromatic carbocycles. The van der Waals surface area contributed by atoms with Gasteiger partial charge in [-0.05, 0) is 37.5 Å². The Balaban J connectivity index is 2.20. The monoisotopic (exact) mass is 316 g/mol. The molecule has 1 saturated carbocycles. The molecule has 0 aromatic heterocycles. The molecule has 2 fully saturated rings. The van der Waals surface area contributed by atoms with Crippen LogP contribution >= 0.6 is 0 Å². The minimum atomic E-state index is -3.27. The maximum atomic E-state index is 12.9. The molecule has 1 saturated heterocycles. The van der Waals surface area contributed by atoms with Crippen molar-refractivity contribution < 1.29 is 13.2 Å². The summed E-state index contributed by atoms with van der Waals surface area (Å²) in [6.07, 6.45) is 2.90. The van der Waals surface area contributed by atoms with Gasteiger partial charge in [-0.25, -0.2) is 8.42 Å². The number of amides is 1. The van der Waals surface area contributed by atoms with Crippen LogP contribution in [0.1, 0.15) is 47.0 Å². The van der Waals surface area contributed by atoms with Crippen LogP contribution in [0.15, 0.2) is 0 Å². The third kappa shape index (κ3) is 3.11. The molecule has 0 spiro atoms. The van der Waals surface area contributed by atoms with Gasteiger partial charge in [0.25, 0.3) is 0 Å². The van der Waals surface area contributed by atoms with Gasteiger partial charge in [-0.15, -0.1) is 0 Å². The van der Waals surface area contributed by atoms with E-state index in [2.05, 4.69) is 13.8 Å². The molecule has 2 atom stereocenters. The van der Waals surface area contributed by atoms with E-state index in [4.69, 9.17) is 0 Å². The number of rotatable bonds is 5. The Bertz CT molecular complexity index is 511. The van der Waals surface area contributed by atoms with Gasteiger partial charge < -0.3 is 4.90 Å². The molecule has 2 aliphatic rings. The third-order valence-electron chi connectivity index (χ3n) is 5.31. The van der Waals surface area contributed by atoms with Crippen molar-refractivity contribution in [3.8, 4) is 0 Å². The number of carbonyl (C=O) groups is 1. The highest BCUT2D eigenvalue weighted by Gasteiger charge is 2.48. The maximum absolute atomic E-state index is 12.9. The van der Waals surface area contributed by atoms with E-state index in [9.17, 15) is 13.2 Å². The van der Waals surface area contributed by atoms with Gasteiger partial charge in [-0.2, -0.15) is 4.31 Å². The summed E-state index contributed by atoms with van der Waals surface area (Å²) in [5, 5.41) is 0. The van der Waals surface area contributed by atoms with Gasteiger partial charge in [-0.1, -0.05) is 20.8 Å². The van der Waals surface area contributed by atoms with Crippen LogP contribution in [0.25, 0.3) is 0 Å². The zero-order valence-corrected chi connectivity index (χ0v) is 14.6. The maximum Gasteiger partial charge on any atom is 0.241 e. The Labute approximate surface area is 128 Å². The number of hydrogen-bond acceptors (Lipinski definition) is 3. The lowest BCUT2D eigenvalue weighted by atomic mass is 9.96. The second kappa shape index (κ2) is 5.54. The molecule has 122 valence electrons. The molecule has 1 heterocycles. The topological polar surface area (TPSA) is 57.7 Å². The Kier molecular flexibility index (Phi) is 4.42. The highest BCUT2D eigenvalue weighted by molar-refractivity contribution is 7.89. The van der Waals surface area contributed by atoms with Crippen LogP contribution in [-0.4, -0.2) is 55.0 Å². The summed E-state index contributed by atoms with van der Waals surface area (Å²) in [6.45, 7) is 8.58. The standard InChI is InChI=1S/C15H28N2O3S/c1-11(2)13(17-9-6-10-21(17,19)20)14(18)16(5)12(3)15(4)7-8-15/h11-13H,6-10H2,1-5H3/t12-,13-/m1/s1. The van der Waals surface area contributed by atoms with Crippen molar-refractivity contribution in [1.82, 2.24) is 9.21 Å². The van der Waals surface area contributed by atoms with Gasteiger partial charge >= 0.3 is 0 Å². The minimum absolute atomic E-state index is 0.0213. The van der Waals surface area contributed by atoms with Gasteiger partial charge in [0.2, 0.25) is 15.9 Å². The van der Waals surface area contributed by atoms with E-state index in [1.54, 1.807) is 4.90 Å². The lowest BCUT2D eigenvalue weighted by molar-refractivity contribution is -0.138. The van der Waals surface area contributed by atoms with Gasteiger partial charge in [0.1, 0.15) is 6.04 Å². The zero-order valence-electron chi connectivity index (χ0n) is 13.8. The highest BCUT2D eigenvalue weighted by atomic mass is 32.2. The molecule has 1 aliphatic heterocycles. The molecule has 6 heteroatoms. The summed E-state index contributed by atoms with van der Waals surface area (Å²) >= 11 is 0. The predicted octanol–water partition coefficient (Wildman–Crippen LogP) is 1.69. The Hall–Kier alpha value is -0.620. The van der Waals surface area contributed by atoms with Crippen molar-refractivity contribution in [1.29, 1.82) is 0 Å². The van der Waals surface area contributed by atoms with Crippen LogP contribution in [0.5, 0.6) is 0 Å². The first-order chi connectivity index (χ1) is 9.60. The molecule has 0 aromatic rings. The van der Waals surface area contributed by atoms with Crippen molar-refractivity contribution in [2.75, 3.05) is 19.3 Å². The highest BCUT2D eigenvalue weighted by Crippen LogP contribution is 2.49. The van der Waals surface area contributed by atoms with E-state index in [0.717, 1.165) is 12.8 Å². The average Bonchev–Trinajstić information content (AvgIpc) is 3.05. The number of hydrogen-bond donors (Lipinski definition) is 0. The fraction of sp³-hybridized carbons (Fsp3) is 0.933. The molecular weight excluding hydrogens is 288 g/mol. The Morgan fingerprint density at radius 1 is 1.24 bits per heavy atom. The predicted molar refractivity (Wildman–Crippen MR) is 83.3 cm³/mol. The van der Waals surface area contributed by atoms with Crippen LogP contribution in [0.2, 0.25) is 0 Å². The molecule has 21 heavy (non-hydrogen) atoms. The van der Waals surface area contributed by atoms with Crippen molar-refractivity contribution in [3.63, 3.8) is 0 Å². The lowest BCUT2D eigenvalue weighted by Gasteiger charge is -2.36. The number of nitrogens with zero attached hydrogens (tertiary/aromatic N) is 2. The summed E-state index contributed by atoms with van der Waals surface area (Å²) in [5.74, 6) is 0.0867. The number of likely N-dealkylation sites (N-methyl/N-ethyl adjacent to an activating group) is 1. The fourth-order valence-electron chi connectivity index (χ4n) is 3.19. The molecule has 2 rings (SSSR count). The summed E-state index contributed by atoms with van der Waals surface area (Å²) in [4.78, 5) is 14.7. The smallest absolute Gasteiger partial charge is 0.241 e. The minimum Gasteiger partial charge on any atom is -0.341 e. The van der Waals surface area contributed by atoms with Gasteiger partial charge in [0.05, 0.1) is 5.75 Å². The van der Waals surface area contributed by atoms with Crippen LogP contribution in [0, 0.1) is 11.3 Å². The molecule has 5 nitrogen and oxygen atoms in total. The van der Waals surface area contributed by atoms with Crippen molar-refractivity contribution in [3.05, 3.63) is 0 Å². The van der Waals surface area contributed by atoms with Crippen LogP contribution in [0.3, 0.4) is 0 Å². The molecule has 1 aliphatic carbocycles. The Morgan fingerprint density at radius 3 is 2.19 bits per heavy atom. The molecule has 0 bridgehead atoms. The van der Waals surface area contributed by atoms with Gasteiger partial charge in [-0.3, -0.25) is 4.79 Å². The summed E-state index contributed by atoms with van der Waals surface area (Å²) in [7, 11) is -1.46. The first-order valence-corrected chi connectivity index (χ1v) is 9.47. The summed E-state index contributed by atoms with van der Waals surface area (Å²) in [5.41, 5.74) is 0.204. The van der Waals surface area contributed by atoms with E-state index in [1.165, 1.54) is 4.31 Å². The number of carbonyl (C=O) groups excluding carboxylic acids is 1. The second-order valence-corrected chi connectivity index (χ2v) is 9.29. The summed E-state index contributed by atoms with van der Waals surface area (Å²) in [6, 6.07) is -0.413. The van der Waals surface area contributed by atoms with Crippen LogP contribution < -0.4 is 0 Å². The van der Waals surface area contributed by atoms with Gasteiger partial charge in [0, 0.05) is 19.6 Å². The SMILES string of the molecule is CC(C)[C@H](C(=O)N(C)[C@H](C)C1(C)CC1)N1CCCS1(=O)=O. The van der Waals surface area contributed by atoms with Crippen molar-refractivity contribution in [2.45, 2.75) is 59.0 Å². The summed E-state index contributed by atoms with van der Waals surface area (Å²) < 4.78 is 25.8. The van der Waals surface area contributed by atoms with E-state index >= 15 is 0 Å². The third-order valence-corrected chi connectivity index (χ3v) is 7.24. The lowest BCUT2D eigenvalue weighted by Crippen LogP contribution is -2.54. The fourth-order valence-corrected chi connectivity index (χ4v) is 5.01. The van der Waals surface area contributed by atoms with E-state index < -0.39 is 16.1 Å². The number of sulfonamides is 1. The molecular formula is C15H28N2O3S. The molecule has 0 N–H and O–H groups in total. The molecule has 0 radical (unpaired) electrons. The van der Waals surface area contributed by atoms with Crippen LogP contribution in [-0.2, 0) is 14.8 Å². The average molecular weight is 316 g/mol. The second-order valence-electron chi connectivity index (χ2n) is 7.25. The van der Waals surface area contributed by atoms with E-state index in [0.29, 0.717) is 13.0 Å². The van der Waals surface area contributed by atoms with E-state index in [1.807, 2.05) is 20.9 Å². The Morgan fingerprint density at radius 2 is 1.81 bits per heavy atom. The first kappa shape index (κ1) is 16.7. The largest absolute Gasteiger partial charge is 0.341 e.